The SMILES string of the molecule is O=C(c1cn(C[C@@H]2CC(F)(F)CN2C(=O)Cn2cccn2)nn1)N1CCOCC1. The molecule has 4 heterocycles. The first-order valence-electron chi connectivity index (χ1n) is 9.33. The normalized spacial score (nSPS) is 21.5. The van der Waals surface area contributed by atoms with Crippen molar-refractivity contribution in [2.24, 2.45) is 0 Å². The largest absolute Gasteiger partial charge is 0.378 e. The average Bonchev–Trinajstić information content (AvgIpc) is 3.43. The number of hydrogen-bond donors (Lipinski definition) is 0. The Balaban J connectivity index is 1.43. The van der Waals surface area contributed by atoms with Gasteiger partial charge in [0.1, 0.15) is 6.54 Å². The van der Waals surface area contributed by atoms with Crippen molar-refractivity contribution in [1.82, 2.24) is 34.6 Å². The summed E-state index contributed by atoms with van der Waals surface area (Å²) in [7, 11) is 0. The van der Waals surface area contributed by atoms with Crippen LogP contribution in [0.2, 0.25) is 0 Å². The second-order valence-corrected chi connectivity index (χ2v) is 7.17. The zero-order chi connectivity index (χ0) is 20.4. The van der Waals surface area contributed by atoms with Crippen molar-refractivity contribution in [3.05, 3.63) is 30.4 Å². The molecule has 0 radical (unpaired) electrons. The van der Waals surface area contributed by atoms with Crippen LogP contribution in [0.1, 0.15) is 16.9 Å². The third-order valence-electron chi connectivity index (χ3n) is 5.01. The number of nitrogens with zero attached hydrogens (tertiary/aromatic N) is 7. The lowest BCUT2D eigenvalue weighted by Crippen LogP contribution is -2.41. The van der Waals surface area contributed by atoms with E-state index in [4.69, 9.17) is 4.74 Å². The summed E-state index contributed by atoms with van der Waals surface area (Å²) < 4.78 is 36.0. The highest BCUT2D eigenvalue weighted by Gasteiger charge is 2.47. The van der Waals surface area contributed by atoms with Crippen LogP contribution in [0.15, 0.2) is 24.7 Å². The topological polar surface area (TPSA) is 98.4 Å². The number of carbonyl (C=O) groups excluding carboxylic acids is 2. The molecule has 29 heavy (non-hydrogen) atoms. The summed E-state index contributed by atoms with van der Waals surface area (Å²) in [6.45, 7) is 1.13. The summed E-state index contributed by atoms with van der Waals surface area (Å²) in [6, 6.07) is 0.910. The standard InChI is InChI=1S/C17H21F2N7O3/c18-17(19)8-13(26(12-17)15(27)11-24-3-1-2-20-24)9-25-10-14(21-22-25)16(28)23-4-6-29-7-5-23/h1-3,10,13H,4-9,11-12H2/t13-/m0/s1. The number of halogens is 2. The smallest absolute Gasteiger partial charge is 0.276 e. The Morgan fingerprint density at radius 1 is 1.24 bits per heavy atom. The minimum absolute atomic E-state index is 0.0316. The molecule has 0 bridgehead atoms. The summed E-state index contributed by atoms with van der Waals surface area (Å²) in [6.07, 6.45) is 4.09. The van der Waals surface area contributed by atoms with E-state index in [-0.39, 0.29) is 24.7 Å². The quantitative estimate of drug-likeness (QED) is 0.683. The van der Waals surface area contributed by atoms with E-state index in [0.29, 0.717) is 26.3 Å². The van der Waals surface area contributed by atoms with Crippen LogP contribution in [0.25, 0.3) is 0 Å². The van der Waals surface area contributed by atoms with E-state index in [1.54, 1.807) is 17.2 Å². The van der Waals surface area contributed by atoms with Gasteiger partial charge in [0.25, 0.3) is 11.8 Å². The average molecular weight is 409 g/mol. The van der Waals surface area contributed by atoms with Gasteiger partial charge < -0.3 is 14.5 Å². The number of ether oxygens (including phenoxy) is 1. The lowest BCUT2D eigenvalue weighted by Gasteiger charge is -2.25. The second kappa shape index (κ2) is 7.85. The van der Waals surface area contributed by atoms with Crippen LogP contribution in [-0.4, -0.2) is 91.2 Å². The monoisotopic (exact) mass is 409 g/mol. The summed E-state index contributed by atoms with van der Waals surface area (Å²) >= 11 is 0. The van der Waals surface area contributed by atoms with Gasteiger partial charge in [0.2, 0.25) is 5.91 Å². The third kappa shape index (κ3) is 4.42. The second-order valence-electron chi connectivity index (χ2n) is 7.17. The Hall–Kier alpha value is -2.89. The highest BCUT2D eigenvalue weighted by molar-refractivity contribution is 5.92. The van der Waals surface area contributed by atoms with Crippen molar-refractivity contribution >= 4 is 11.8 Å². The molecule has 156 valence electrons. The number of amides is 2. The summed E-state index contributed by atoms with van der Waals surface area (Å²) in [5.41, 5.74) is 0.145. The fourth-order valence-corrected chi connectivity index (χ4v) is 3.61. The molecule has 2 fully saturated rings. The first-order chi connectivity index (χ1) is 13.9. The van der Waals surface area contributed by atoms with Crippen LogP contribution in [0, 0.1) is 0 Å². The minimum Gasteiger partial charge on any atom is -0.378 e. The van der Waals surface area contributed by atoms with E-state index >= 15 is 0 Å². The molecular formula is C17H21F2N7O3. The lowest BCUT2D eigenvalue weighted by molar-refractivity contribution is -0.134. The van der Waals surface area contributed by atoms with Gasteiger partial charge in [0.05, 0.1) is 38.5 Å². The molecule has 2 aromatic heterocycles. The van der Waals surface area contributed by atoms with Gasteiger partial charge in [0, 0.05) is 31.9 Å². The van der Waals surface area contributed by atoms with Gasteiger partial charge in [-0.15, -0.1) is 5.10 Å². The molecule has 12 heteroatoms. The molecule has 0 N–H and O–H groups in total. The van der Waals surface area contributed by atoms with Crippen molar-refractivity contribution in [3.63, 3.8) is 0 Å². The molecule has 4 rings (SSSR count). The molecule has 2 aliphatic heterocycles. The highest BCUT2D eigenvalue weighted by Crippen LogP contribution is 2.33. The molecule has 2 amide bonds. The Morgan fingerprint density at radius 3 is 2.76 bits per heavy atom. The van der Waals surface area contributed by atoms with Crippen molar-refractivity contribution in [2.45, 2.75) is 31.5 Å². The number of rotatable bonds is 5. The van der Waals surface area contributed by atoms with Crippen molar-refractivity contribution in [3.8, 4) is 0 Å². The lowest BCUT2D eigenvalue weighted by atomic mass is 10.2. The van der Waals surface area contributed by atoms with E-state index in [0.717, 1.165) is 4.90 Å². The molecule has 0 spiro atoms. The van der Waals surface area contributed by atoms with Gasteiger partial charge in [-0.1, -0.05) is 5.21 Å². The van der Waals surface area contributed by atoms with E-state index in [9.17, 15) is 18.4 Å². The number of hydrogen-bond acceptors (Lipinski definition) is 6. The van der Waals surface area contributed by atoms with Gasteiger partial charge in [-0.3, -0.25) is 14.3 Å². The van der Waals surface area contributed by atoms with Gasteiger partial charge in [-0.05, 0) is 6.07 Å². The first-order valence-corrected chi connectivity index (χ1v) is 9.33. The zero-order valence-corrected chi connectivity index (χ0v) is 15.7. The number of carbonyl (C=O) groups is 2. The van der Waals surface area contributed by atoms with Crippen LogP contribution < -0.4 is 0 Å². The first kappa shape index (κ1) is 19.4. The molecule has 0 unspecified atom stereocenters. The van der Waals surface area contributed by atoms with Gasteiger partial charge in [-0.25, -0.2) is 13.5 Å². The highest BCUT2D eigenvalue weighted by atomic mass is 19.3. The molecule has 0 saturated carbocycles. The minimum atomic E-state index is -2.97. The summed E-state index contributed by atoms with van der Waals surface area (Å²) in [5, 5.41) is 11.7. The van der Waals surface area contributed by atoms with Crippen LogP contribution in [0.4, 0.5) is 8.78 Å². The molecule has 2 aromatic rings. The van der Waals surface area contributed by atoms with Crippen molar-refractivity contribution in [1.29, 1.82) is 0 Å². The van der Waals surface area contributed by atoms with Crippen molar-refractivity contribution in [2.75, 3.05) is 32.8 Å². The van der Waals surface area contributed by atoms with Crippen molar-refractivity contribution < 1.29 is 23.1 Å². The number of alkyl halides is 2. The molecule has 1 atom stereocenters. The maximum atomic E-state index is 14.0. The third-order valence-corrected chi connectivity index (χ3v) is 5.01. The molecule has 10 nitrogen and oxygen atoms in total. The van der Waals surface area contributed by atoms with Crippen LogP contribution in [0.5, 0.6) is 0 Å². The van der Waals surface area contributed by atoms with E-state index < -0.39 is 30.8 Å². The fourth-order valence-electron chi connectivity index (χ4n) is 3.61. The van der Waals surface area contributed by atoms with E-state index in [1.165, 1.54) is 21.8 Å². The Morgan fingerprint density at radius 2 is 2.03 bits per heavy atom. The number of morpholine rings is 1. The zero-order valence-electron chi connectivity index (χ0n) is 15.7. The van der Waals surface area contributed by atoms with E-state index in [1.807, 2.05) is 0 Å². The van der Waals surface area contributed by atoms with Gasteiger partial charge in [-0.2, -0.15) is 5.10 Å². The van der Waals surface area contributed by atoms with Crippen LogP contribution >= 0.6 is 0 Å². The maximum Gasteiger partial charge on any atom is 0.276 e. The predicted molar refractivity (Wildman–Crippen MR) is 94.0 cm³/mol. The summed E-state index contributed by atoms with van der Waals surface area (Å²) in [4.78, 5) is 27.8. The fraction of sp³-hybridized carbons (Fsp3) is 0.588. The maximum absolute atomic E-state index is 14.0. The molecular weight excluding hydrogens is 388 g/mol. The Kier molecular flexibility index (Phi) is 5.26. The van der Waals surface area contributed by atoms with E-state index in [2.05, 4.69) is 15.4 Å². The number of likely N-dealkylation sites (tertiary alicyclic amines) is 1. The van der Waals surface area contributed by atoms with Gasteiger partial charge >= 0.3 is 0 Å². The number of aromatic nitrogens is 5. The molecule has 2 aliphatic rings. The predicted octanol–water partition coefficient (Wildman–Crippen LogP) is -0.117. The van der Waals surface area contributed by atoms with Crippen LogP contribution in [0.3, 0.4) is 0 Å². The molecule has 0 aromatic carbocycles. The van der Waals surface area contributed by atoms with Crippen LogP contribution in [-0.2, 0) is 22.6 Å². The Bertz CT molecular complexity index is 864. The molecule has 2 saturated heterocycles. The Labute approximate surface area is 165 Å². The summed E-state index contributed by atoms with van der Waals surface area (Å²) in [5.74, 6) is -3.69. The molecule has 0 aliphatic carbocycles. The van der Waals surface area contributed by atoms with Gasteiger partial charge in [0.15, 0.2) is 5.69 Å².